The first-order chi connectivity index (χ1) is 9.58. The molecule has 1 amide bonds. The summed E-state index contributed by atoms with van der Waals surface area (Å²) in [6, 6.07) is 6.87. The minimum Gasteiger partial charge on any atom is -0.479 e. The maximum absolute atomic E-state index is 11.6. The van der Waals surface area contributed by atoms with Crippen molar-refractivity contribution in [2.24, 2.45) is 5.73 Å². The van der Waals surface area contributed by atoms with Gasteiger partial charge in [-0.2, -0.15) is 0 Å². The minimum atomic E-state index is -1.17. The second-order valence-electron chi connectivity index (χ2n) is 4.32. The van der Waals surface area contributed by atoms with Gasteiger partial charge in [-0.1, -0.05) is 18.2 Å². The number of aromatic nitrogens is 1. The molecule has 0 aliphatic heterocycles. The van der Waals surface area contributed by atoms with Crippen LogP contribution in [-0.2, 0) is 20.8 Å². The number of benzene rings is 1. The van der Waals surface area contributed by atoms with Crippen LogP contribution in [0.5, 0.6) is 0 Å². The molecule has 7 nitrogen and oxygen atoms in total. The average molecular weight is 277 g/mol. The van der Waals surface area contributed by atoms with Crippen molar-refractivity contribution >= 4 is 22.8 Å². The van der Waals surface area contributed by atoms with Crippen molar-refractivity contribution in [1.29, 1.82) is 0 Å². The van der Waals surface area contributed by atoms with Gasteiger partial charge < -0.3 is 15.8 Å². The standard InChI is InChI=1S/C13H15N3O4/c14-10(13(19)16-20-7-12(17)18)5-8-6-15-11-4-2-1-3-9(8)11/h1-4,6,10,15H,5,7,14H2,(H,16,19)(H,17,18)/t10-/m1/s1. The molecule has 0 aliphatic carbocycles. The lowest BCUT2D eigenvalue weighted by atomic mass is 10.1. The van der Waals surface area contributed by atoms with Crippen LogP contribution in [0.4, 0.5) is 0 Å². The third-order valence-electron chi connectivity index (χ3n) is 2.82. The highest BCUT2D eigenvalue weighted by Gasteiger charge is 2.16. The van der Waals surface area contributed by atoms with Gasteiger partial charge in [-0.25, -0.2) is 10.3 Å². The minimum absolute atomic E-state index is 0.326. The highest BCUT2D eigenvalue weighted by Crippen LogP contribution is 2.18. The number of fused-ring (bicyclic) bond motifs is 1. The van der Waals surface area contributed by atoms with Crippen LogP contribution in [0.2, 0.25) is 0 Å². The lowest BCUT2D eigenvalue weighted by molar-refractivity contribution is -0.149. The number of nitrogens with one attached hydrogen (secondary N) is 2. The summed E-state index contributed by atoms with van der Waals surface area (Å²) in [7, 11) is 0. The lowest BCUT2D eigenvalue weighted by Crippen LogP contribution is -2.42. The van der Waals surface area contributed by atoms with Crippen molar-refractivity contribution in [2.75, 3.05) is 6.61 Å². The summed E-state index contributed by atoms with van der Waals surface area (Å²) in [5.41, 5.74) is 9.67. The Morgan fingerprint density at radius 3 is 2.90 bits per heavy atom. The third kappa shape index (κ3) is 3.34. The van der Waals surface area contributed by atoms with Gasteiger partial charge in [-0.3, -0.25) is 9.63 Å². The molecule has 1 atom stereocenters. The van der Waals surface area contributed by atoms with E-state index in [1.165, 1.54) is 0 Å². The quantitative estimate of drug-likeness (QED) is 0.561. The van der Waals surface area contributed by atoms with E-state index >= 15 is 0 Å². The number of carbonyl (C=O) groups excluding carboxylic acids is 1. The predicted octanol–water partition coefficient (Wildman–Crippen LogP) is 0.170. The summed E-state index contributed by atoms with van der Waals surface area (Å²) in [5.74, 6) is -1.73. The fourth-order valence-electron chi connectivity index (χ4n) is 1.87. The van der Waals surface area contributed by atoms with E-state index in [0.29, 0.717) is 6.42 Å². The Kier molecular flexibility index (Phi) is 4.34. The van der Waals surface area contributed by atoms with Crippen LogP contribution in [0.3, 0.4) is 0 Å². The Labute approximate surface area is 114 Å². The van der Waals surface area contributed by atoms with E-state index < -0.39 is 24.5 Å². The van der Waals surface area contributed by atoms with Crippen molar-refractivity contribution in [3.05, 3.63) is 36.0 Å². The maximum atomic E-state index is 11.6. The summed E-state index contributed by atoms with van der Waals surface area (Å²) in [5, 5.41) is 9.38. The number of rotatable bonds is 6. The van der Waals surface area contributed by atoms with Gasteiger partial charge in [0.25, 0.3) is 5.91 Å². The first-order valence-corrected chi connectivity index (χ1v) is 6.02. The molecule has 1 aromatic carbocycles. The summed E-state index contributed by atoms with van der Waals surface area (Å²) >= 11 is 0. The second-order valence-corrected chi connectivity index (χ2v) is 4.32. The van der Waals surface area contributed by atoms with Gasteiger partial charge in [0.15, 0.2) is 6.61 Å². The molecule has 1 aromatic heterocycles. The number of carbonyl (C=O) groups is 2. The number of hydrogen-bond donors (Lipinski definition) is 4. The van der Waals surface area contributed by atoms with Crippen LogP contribution in [0.15, 0.2) is 30.5 Å². The van der Waals surface area contributed by atoms with Gasteiger partial charge in [0, 0.05) is 17.1 Å². The van der Waals surface area contributed by atoms with Gasteiger partial charge in [0.1, 0.15) is 0 Å². The van der Waals surface area contributed by atoms with Gasteiger partial charge in [0.2, 0.25) is 0 Å². The van der Waals surface area contributed by atoms with Gasteiger partial charge in [-0.15, -0.1) is 0 Å². The third-order valence-corrected chi connectivity index (χ3v) is 2.82. The number of nitrogens with two attached hydrogens (primary N) is 1. The molecular weight excluding hydrogens is 262 g/mol. The Balaban J connectivity index is 1.95. The topological polar surface area (TPSA) is 117 Å². The molecule has 1 heterocycles. The summed E-state index contributed by atoms with van der Waals surface area (Å²) < 4.78 is 0. The monoisotopic (exact) mass is 277 g/mol. The molecular formula is C13H15N3O4. The molecule has 20 heavy (non-hydrogen) atoms. The van der Waals surface area contributed by atoms with Gasteiger partial charge in [0.05, 0.1) is 6.04 Å². The van der Waals surface area contributed by atoms with E-state index in [9.17, 15) is 9.59 Å². The zero-order chi connectivity index (χ0) is 14.5. The molecule has 5 N–H and O–H groups in total. The van der Waals surface area contributed by atoms with Crippen molar-refractivity contribution in [2.45, 2.75) is 12.5 Å². The molecule has 0 spiro atoms. The Bertz CT molecular complexity index is 623. The smallest absolute Gasteiger partial charge is 0.332 e. The molecule has 2 rings (SSSR count). The second kappa shape index (κ2) is 6.18. The van der Waals surface area contributed by atoms with Crippen LogP contribution in [0.25, 0.3) is 10.9 Å². The molecule has 0 saturated carbocycles. The van der Waals surface area contributed by atoms with Crippen LogP contribution in [-0.4, -0.2) is 34.6 Å². The molecule has 0 saturated heterocycles. The Hall–Kier alpha value is -2.38. The lowest BCUT2D eigenvalue weighted by Gasteiger charge is -2.10. The summed E-state index contributed by atoms with van der Waals surface area (Å²) in [6.07, 6.45) is 2.13. The van der Waals surface area contributed by atoms with Crippen molar-refractivity contribution in [3.63, 3.8) is 0 Å². The fourth-order valence-corrected chi connectivity index (χ4v) is 1.87. The van der Waals surface area contributed by atoms with Crippen LogP contribution < -0.4 is 11.2 Å². The van der Waals surface area contributed by atoms with Crippen LogP contribution >= 0.6 is 0 Å². The number of amides is 1. The zero-order valence-corrected chi connectivity index (χ0v) is 10.6. The van der Waals surface area contributed by atoms with Crippen LogP contribution in [0.1, 0.15) is 5.56 Å². The van der Waals surface area contributed by atoms with E-state index in [4.69, 9.17) is 10.8 Å². The first-order valence-electron chi connectivity index (χ1n) is 6.02. The molecule has 2 aromatic rings. The normalized spacial score (nSPS) is 12.2. The molecule has 0 radical (unpaired) electrons. The number of H-pyrrole nitrogens is 1. The Morgan fingerprint density at radius 2 is 2.15 bits per heavy atom. The molecule has 0 fully saturated rings. The summed E-state index contributed by atoms with van der Waals surface area (Å²) in [6.45, 7) is -0.606. The zero-order valence-electron chi connectivity index (χ0n) is 10.6. The molecule has 7 heteroatoms. The first kappa shape index (κ1) is 14.0. The highest BCUT2D eigenvalue weighted by atomic mass is 16.7. The van der Waals surface area contributed by atoms with E-state index in [2.05, 4.69) is 9.82 Å². The van der Waals surface area contributed by atoms with Crippen molar-refractivity contribution in [1.82, 2.24) is 10.5 Å². The molecule has 0 unspecified atom stereocenters. The van der Waals surface area contributed by atoms with E-state index in [1.807, 2.05) is 29.7 Å². The number of hydrogen-bond acceptors (Lipinski definition) is 4. The number of aliphatic carboxylic acids is 1. The number of carboxylic acid groups (broad SMARTS) is 1. The highest BCUT2D eigenvalue weighted by molar-refractivity contribution is 5.85. The molecule has 0 aliphatic rings. The number of hydroxylamine groups is 1. The SMILES string of the molecule is N[C@H](Cc1c[nH]c2ccccc12)C(=O)NOCC(=O)O. The van der Waals surface area contributed by atoms with Crippen molar-refractivity contribution < 1.29 is 19.5 Å². The van der Waals surface area contributed by atoms with E-state index in [-0.39, 0.29) is 0 Å². The number of para-hydroxylation sites is 1. The van der Waals surface area contributed by atoms with E-state index in [1.54, 1.807) is 6.20 Å². The maximum Gasteiger partial charge on any atom is 0.332 e. The van der Waals surface area contributed by atoms with Crippen molar-refractivity contribution in [3.8, 4) is 0 Å². The predicted molar refractivity (Wildman–Crippen MR) is 71.7 cm³/mol. The molecule has 0 bridgehead atoms. The fraction of sp³-hybridized carbons (Fsp3) is 0.231. The Morgan fingerprint density at radius 1 is 1.40 bits per heavy atom. The largest absolute Gasteiger partial charge is 0.479 e. The van der Waals surface area contributed by atoms with Gasteiger partial charge >= 0.3 is 5.97 Å². The number of aromatic amines is 1. The van der Waals surface area contributed by atoms with E-state index in [0.717, 1.165) is 16.5 Å². The average Bonchev–Trinajstić information content (AvgIpc) is 2.81. The summed E-state index contributed by atoms with van der Waals surface area (Å²) in [4.78, 5) is 29.5. The molecule has 106 valence electrons. The van der Waals surface area contributed by atoms with Gasteiger partial charge in [-0.05, 0) is 18.1 Å². The number of carboxylic acids is 1. The van der Waals surface area contributed by atoms with Crippen LogP contribution in [0, 0.1) is 0 Å².